The van der Waals surface area contributed by atoms with E-state index in [1.165, 1.54) is 0 Å². The van der Waals surface area contributed by atoms with Crippen LogP contribution in [-0.2, 0) is 19.4 Å². The van der Waals surface area contributed by atoms with Gasteiger partial charge in [-0.2, -0.15) is 16.9 Å². The molecule has 0 amide bonds. The van der Waals surface area contributed by atoms with Gasteiger partial charge < -0.3 is 10.6 Å². The van der Waals surface area contributed by atoms with Crippen LogP contribution in [0.5, 0.6) is 0 Å². The van der Waals surface area contributed by atoms with Gasteiger partial charge in [0, 0.05) is 30.2 Å². The number of aryl methyl sites for hydroxylation is 2. The highest BCUT2D eigenvalue weighted by molar-refractivity contribution is 7.99. The molecule has 0 spiro atoms. The molecule has 1 aliphatic rings. The van der Waals surface area contributed by atoms with Crippen molar-refractivity contribution in [3.8, 4) is 0 Å². The van der Waals surface area contributed by atoms with Crippen LogP contribution >= 0.6 is 11.8 Å². The van der Waals surface area contributed by atoms with E-state index in [1.807, 2.05) is 11.8 Å². The number of nitrogens with one attached hydrogen (secondary N) is 2. The van der Waals surface area contributed by atoms with Crippen molar-refractivity contribution in [2.24, 2.45) is 4.99 Å². The third-order valence-corrected chi connectivity index (χ3v) is 5.31. The highest BCUT2D eigenvalue weighted by Crippen LogP contribution is 2.21. The molecule has 2 rings (SSSR count). The normalized spacial score (nSPS) is 18.7. The Hall–Kier alpha value is -1.24. The first-order valence-corrected chi connectivity index (χ1v) is 9.72. The van der Waals surface area contributed by atoms with Gasteiger partial charge >= 0.3 is 0 Å². The summed E-state index contributed by atoms with van der Waals surface area (Å²) in [5.74, 6) is 2.97. The van der Waals surface area contributed by atoms with Crippen LogP contribution in [0.1, 0.15) is 45.8 Å². The second-order valence-corrected chi connectivity index (χ2v) is 8.03. The summed E-state index contributed by atoms with van der Waals surface area (Å²) in [5.41, 5.74) is 0. The molecule has 0 aromatic carbocycles. The summed E-state index contributed by atoms with van der Waals surface area (Å²) in [6.07, 6.45) is 5.07. The average Bonchev–Trinajstić information content (AvgIpc) is 2.95. The second kappa shape index (κ2) is 8.04. The molecule has 0 radical (unpaired) electrons. The minimum Gasteiger partial charge on any atom is -0.357 e. The molecule has 130 valence electrons. The van der Waals surface area contributed by atoms with Crippen LogP contribution in [-0.4, -0.2) is 50.9 Å². The lowest BCUT2D eigenvalue weighted by atomic mass is 10.1. The van der Waals surface area contributed by atoms with Crippen LogP contribution in [0.15, 0.2) is 4.99 Å². The number of aromatic nitrogens is 3. The Kier molecular flexibility index (Phi) is 6.33. The van der Waals surface area contributed by atoms with E-state index in [9.17, 15) is 0 Å². The molecule has 2 N–H and O–H groups in total. The summed E-state index contributed by atoms with van der Waals surface area (Å²) in [7, 11) is 0. The Morgan fingerprint density at radius 2 is 2.22 bits per heavy atom. The molecule has 6 nitrogen and oxygen atoms in total. The molecule has 0 bridgehead atoms. The molecule has 1 aromatic rings. The molecule has 2 heterocycles. The van der Waals surface area contributed by atoms with E-state index in [0.29, 0.717) is 6.04 Å². The fraction of sp³-hybridized carbons (Fsp3) is 0.812. The van der Waals surface area contributed by atoms with Crippen LogP contribution in [0.4, 0.5) is 0 Å². The van der Waals surface area contributed by atoms with Gasteiger partial charge in [-0.25, -0.2) is 9.67 Å². The van der Waals surface area contributed by atoms with E-state index >= 15 is 0 Å². The summed E-state index contributed by atoms with van der Waals surface area (Å²) < 4.78 is 2.21. The SMILES string of the molecule is CCNC(=NCC(C)(C)SC)NC1CCc2nc(CC)nn2C1. The third-order valence-electron chi connectivity index (χ3n) is 4.07. The molecular formula is C16H30N6S. The van der Waals surface area contributed by atoms with Crippen LogP contribution in [0.2, 0.25) is 0 Å². The van der Waals surface area contributed by atoms with Crippen LogP contribution < -0.4 is 10.6 Å². The Morgan fingerprint density at radius 1 is 1.43 bits per heavy atom. The van der Waals surface area contributed by atoms with Crippen molar-refractivity contribution in [3.05, 3.63) is 11.6 Å². The van der Waals surface area contributed by atoms with Crippen molar-refractivity contribution in [1.82, 2.24) is 25.4 Å². The topological polar surface area (TPSA) is 67.1 Å². The molecule has 0 fully saturated rings. The minimum absolute atomic E-state index is 0.157. The van der Waals surface area contributed by atoms with Gasteiger partial charge in [-0.3, -0.25) is 4.99 Å². The van der Waals surface area contributed by atoms with Gasteiger partial charge in [-0.1, -0.05) is 6.92 Å². The third kappa shape index (κ3) is 5.12. The van der Waals surface area contributed by atoms with E-state index in [2.05, 4.69) is 59.3 Å². The number of guanidine groups is 1. The lowest BCUT2D eigenvalue weighted by Crippen LogP contribution is -2.47. The molecule has 7 heteroatoms. The number of hydrogen-bond donors (Lipinski definition) is 2. The second-order valence-electron chi connectivity index (χ2n) is 6.52. The Bertz CT molecular complexity index is 537. The number of hydrogen-bond acceptors (Lipinski definition) is 4. The van der Waals surface area contributed by atoms with Crippen molar-refractivity contribution >= 4 is 17.7 Å². The quantitative estimate of drug-likeness (QED) is 0.612. The summed E-state index contributed by atoms with van der Waals surface area (Å²) >= 11 is 1.84. The predicted molar refractivity (Wildman–Crippen MR) is 98.2 cm³/mol. The predicted octanol–water partition coefficient (Wildman–Crippen LogP) is 1.85. The zero-order chi connectivity index (χ0) is 16.9. The summed E-state index contributed by atoms with van der Waals surface area (Å²) in [4.78, 5) is 9.33. The van der Waals surface area contributed by atoms with Gasteiger partial charge in [0.2, 0.25) is 0 Å². The Morgan fingerprint density at radius 3 is 2.87 bits per heavy atom. The first kappa shape index (κ1) is 18.1. The molecule has 0 saturated carbocycles. The highest BCUT2D eigenvalue weighted by atomic mass is 32.2. The minimum atomic E-state index is 0.157. The van der Waals surface area contributed by atoms with Crippen LogP contribution in [0.3, 0.4) is 0 Å². The van der Waals surface area contributed by atoms with Crippen molar-refractivity contribution in [1.29, 1.82) is 0 Å². The van der Waals surface area contributed by atoms with E-state index < -0.39 is 0 Å². The summed E-state index contributed by atoms with van der Waals surface area (Å²) in [6.45, 7) is 11.2. The number of nitrogens with zero attached hydrogens (tertiary/aromatic N) is 4. The number of fused-ring (bicyclic) bond motifs is 1. The maximum Gasteiger partial charge on any atom is 0.191 e. The van der Waals surface area contributed by atoms with Crippen molar-refractivity contribution in [2.45, 2.75) is 64.3 Å². The average molecular weight is 339 g/mol. The molecule has 23 heavy (non-hydrogen) atoms. The lowest BCUT2D eigenvalue weighted by molar-refractivity contribution is 0.392. The molecule has 1 atom stereocenters. The molecule has 1 aliphatic heterocycles. The van der Waals surface area contributed by atoms with Gasteiger partial charge in [-0.05, 0) is 33.4 Å². The van der Waals surface area contributed by atoms with Crippen LogP contribution in [0, 0.1) is 0 Å². The summed E-state index contributed by atoms with van der Waals surface area (Å²) in [6, 6.07) is 0.351. The van der Waals surface area contributed by atoms with Gasteiger partial charge in [0.25, 0.3) is 0 Å². The van der Waals surface area contributed by atoms with E-state index in [1.54, 1.807) is 0 Å². The molecular weight excluding hydrogens is 308 g/mol. The van der Waals surface area contributed by atoms with Gasteiger partial charge in [0.15, 0.2) is 11.8 Å². The maximum absolute atomic E-state index is 4.76. The first-order chi connectivity index (χ1) is 11.0. The molecule has 1 aromatic heterocycles. The van der Waals surface area contributed by atoms with Crippen molar-refractivity contribution in [2.75, 3.05) is 19.3 Å². The maximum atomic E-state index is 4.76. The van der Waals surface area contributed by atoms with Crippen molar-refractivity contribution < 1.29 is 0 Å². The van der Waals surface area contributed by atoms with E-state index in [-0.39, 0.29) is 4.75 Å². The zero-order valence-corrected chi connectivity index (χ0v) is 15.8. The standard InChI is InChI=1S/C16H30N6S/c1-6-13-20-14-9-8-12(10-22(14)21-13)19-15(17-7-2)18-11-16(3,4)23-5/h12H,6-11H2,1-5H3,(H2,17,18,19). The monoisotopic (exact) mass is 338 g/mol. The van der Waals surface area contributed by atoms with Gasteiger partial charge in [0.05, 0.1) is 13.1 Å². The zero-order valence-electron chi connectivity index (χ0n) is 15.0. The van der Waals surface area contributed by atoms with E-state index in [0.717, 1.165) is 56.5 Å². The van der Waals surface area contributed by atoms with E-state index in [4.69, 9.17) is 4.99 Å². The molecule has 0 aliphatic carbocycles. The fourth-order valence-electron chi connectivity index (χ4n) is 2.48. The molecule has 1 unspecified atom stereocenters. The number of thioether (sulfide) groups is 1. The van der Waals surface area contributed by atoms with Crippen LogP contribution in [0.25, 0.3) is 0 Å². The number of aliphatic imine (C=N–C) groups is 1. The van der Waals surface area contributed by atoms with Gasteiger partial charge in [0.1, 0.15) is 5.82 Å². The first-order valence-electron chi connectivity index (χ1n) is 8.50. The Labute approximate surface area is 143 Å². The fourth-order valence-corrected chi connectivity index (χ4v) is 2.67. The van der Waals surface area contributed by atoms with Gasteiger partial charge in [-0.15, -0.1) is 0 Å². The smallest absolute Gasteiger partial charge is 0.191 e. The lowest BCUT2D eigenvalue weighted by Gasteiger charge is -2.26. The van der Waals surface area contributed by atoms with Crippen molar-refractivity contribution in [3.63, 3.8) is 0 Å². The summed E-state index contributed by atoms with van der Waals surface area (Å²) in [5, 5.41) is 11.5. The number of rotatable bonds is 6. The molecule has 0 saturated heterocycles. The highest BCUT2D eigenvalue weighted by Gasteiger charge is 2.22. The Balaban J connectivity index is 1.99. The largest absolute Gasteiger partial charge is 0.357 e.